The summed E-state index contributed by atoms with van der Waals surface area (Å²) in [6.07, 6.45) is 9.47. The smallest absolute Gasteiger partial charge is 0.129 e. The lowest BCUT2D eigenvalue weighted by Crippen LogP contribution is -2.18. The second kappa shape index (κ2) is 9.91. The summed E-state index contributed by atoms with van der Waals surface area (Å²) in [5.41, 5.74) is 2.51. The summed E-state index contributed by atoms with van der Waals surface area (Å²) in [5, 5.41) is 8.09. The van der Waals surface area contributed by atoms with Gasteiger partial charge in [0.2, 0.25) is 0 Å². The van der Waals surface area contributed by atoms with Crippen LogP contribution in [0.1, 0.15) is 63.5 Å². The van der Waals surface area contributed by atoms with Gasteiger partial charge in [-0.2, -0.15) is 0 Å². The molecule has 1 atom stereocenters. The summed E-state index contributed by atoms with van der Waals surface area (Å²) in [6, 6.07) is 1.78. The Balaban J connectivity index is 0.000000219. The van der Waals surface area contributed by atoms with E-state index in [1.165, 1.54) is 32.1 Å². The van der Waals surface area contributed by atoms with Crippen LogP contribution < -0.4 is 0 Å². The number of rotatable bonds is 4. The second-order valence-electron chi connectivity index (χ2n) is 5.43. The van der Waals surface area contributed by atoms with E-state index in [1.54, 1.807) is 12.3 Å². The second-order valence-corrected chi connectivity index (χ2v) is 5.82. The molecule has 21 heavy (non-hydrogen) atoms. The Labute approximate surface area is 133 Å². The number of halogens is 1. The van der Waals surface area contributed by atoms with Gasteiger partial charge in [-0.1, -0.05) is 31.9 Å². The van der Waals surface area contributed by atoms with Gasteiger partial charge < -0.3 is 10.1 Å². The molecule has 1 N–H and O–H groups in total. The van der Waals surface area contributed by atoms with Crippen LogP contribution >= 0.6 is 11.6 Å². The standard InChI is InChI=1S/C9H11ClN2.C8H16O/c1-3-8(11)7-5-12-9(10)4-6(7)2;1-2-5-8-6-3-4-7-9-8/h4-5,11H,3H2,1-2H3;8H,2-7H2,1H3. The molecule has 0 radical (unpaired) electrons. The van der Waals surface area contributed by atoms with Crippen LogP contribution in [0.2, 0.25) is 5.15 Å². The predicted molar refractivity (Wildman–Crippen MR) is 89.6 cm³/mol. The zero-order valence-corrected chi connectivity index (χ0v) is 14.2. The average Bonchev–Trinajstić information content (AvgIpc) is 2.49. The van der Waals surface area contributed by atoms with Crippen molar-refractivity contribution in [2.45, 2.75) is 65.4 Å². The number of nitrogens with zero attached hydrogens (tertiary/aromatic N) is 1. The van der Waals surface area contributed by atoms with Crippen LogP contribution in [0.25, 0.3) is 0 Å². The molecule has 1 aliphatic rings. The molecule has 0 aromatic carbocycles. The van der Waals surface area contributed by atoms with E-state index >= 15 is 0 Å². The van der Waals surface area contributed by atoms with E-state index in [2.05, 4.69) is 11.9 Å². The van der Waals surface area contributed by atoms with Gasteiger partial charge in [0.05, 0.1) is 6.10 Å². The van der Waals surface area contributed by atoms with Crippen LogP contribution in [0.15, 0.2) is 12.3 Å². The maximum absolute atomic E-state index is 7.61. The third-order valence-corrected chi connectivity index (χ3v) is 3.85. The zero-order valence-electron chi connectivity index (χ0n) is 13.4. The van der Waals surface area contributed by atoms with Crippen LogP contribution in [0.4, 0.5) is 0 Å². The minimum atomic E-state index is 0.486. The van der Waals surface area contributed by atoms with Crippen molar-refractivity contribution in [2.24, 2.45) is 0 Å². The Morgan fingerprint density at radius 1 is 1.43 bits per heavy atom. The minimum absolute atomic E-state index is 0.486. The van der Waals surface area contributed by atoms with Crippen LogP contribution in [-0.2, 0) is 4.74 Å². The van der Waals surface area contributed by atoms with Crippen molar-refractivity contribution in [3.8, 4) is 0 Å². The highest BCUT2D eigenvalue weighted by atomic mass is 35.5. The van der Waals surface area contributed by atoms with E-state index in [9.17, 15) is 0 Å². The van der Waals surface area contributed by atoms with Gasteiger partial charge >= 0.3 is 0 Å². The Morgan fingerprint density at radius 3 is 2.71 bits per heavy atom. The van der Waals surface area contributed by atoms with Crippen molar-refractivity contribution < 1.29 is 4.74 Å². The molecule has 118 valence electrons. The summed E-state index contributed by atoms with van der Waals surface area (Å²) in [4.78, 5) is 3.93. The zero-order chi connectivity index (χ0) is 15.7. The van der Waals surface area contributed by atoms with Crippen LogP contribution in [-0.4, -0.2) is 23.4 Å². The molecule has 2 heterocycles. The Morgan fingerprint density at radius 2 is 2.19 bits per heavy atom. The SMILES string of the molecule is CCC(=N)c1cnc(Cl)cc1C.CCCC1CCCCO1. The monoisotopic (exact) mass is 310 g/mol. The van der Waals surface area contributed by atoms with Crippen molar-refractivity contribution >= 4 is 17.3 Å². The van der Waals surface area contributed by atoms with Crippen molar-refractivity contribution in [1.82, 2.24) is 4.98 Å². The molecule has 0 saturated carbocycles. The predicted octanol–water partition coefficient (Wildman–Crippen LogP) is 5.18. The van der Waals surface area contributed by atoms with Gasteiger partial charge in [0.1, 0.15) is 5.15 Å². The molecule has 3 nitrogen and oxygen atoms in total. The van der Waals surface area contributed by atoms with E-state index in [0.717, 1.165) is 24.2 Å². The Kier molecular flexibility index (Phi) is 8.55. The maximum Gasteiger partial charge on any atom is 0.129 e. The molecule has 1 saturated heterocycles. The van der Waals surface area contributed by atoms with E-state index < -0.39 is 0 Å². The van der Waals surface area contributed by atoms with Crippen molar-refractivity contribution in [3.05, 3.63) is 28.5 Å². The molecule has 4 heteroatoms. The number of hydrogen-bond acceptors (Lipinski definition) is 3. The lowest BCUT2D eigenvalue weighted by Gasteiger charge is -2.21. The van der Waals surface area contributed by atoms with Crippen molar-refractivity contribution in [3.63, 3.8) is 0 Å². The first-order chi connectivity index (χ1) is 10.1. The number of nitrogens with one attached hydrogen (secondary N) is 1. The number of aromatic nitrogens is 1. The van der Waals surface area contributed by atoms with E-state index in [1.807, 2.05) is 13.8 Å². The molecule has 1 aromatic heterocycles. The normalized spacial score (nSPS) is 17.8. The van der Waals surface area contributed by atoms with E-state index in [0.29, 0.717) is 17.0 Å². The molecule has 0 spiro atoms. The molecule has 1 aromatic rings. The van der Waals surface area contributed by atoms with Crippen LogP contribution in [0.3, 0.4) is 0 Å². The van der Waals surface area contributed by atoms with Gasteiger partial charge in [0.15, 0.2) is 0 Å². The third kappa shape index (κ3) is 6.58. The van der Waals surface area contributed by atoms with Crippen molar-refractivity contribution in [1.29, 1.82) is 5.41 Å². The first-order valence-electron chi connectivity index (χ1n) is 7.90. The number of pyridine rings is 1. The molecule has 1 aliphatic heterocycles. The third-order valence-electron chi connectivity index (χ3n) is 3.64. The van der Waals surface area contributed by atoms with Gasteiger partial charge in [-0.15, -0.1) is 0 Å². The number of aryl methyl sites for hydroxylation is 1. The summed E-state index contributed by atoms with van der Waals surface area (Å²) in [7, 11) is 0. The van der Waals surface area contributed by atoms with Gasteiger partial charge in [0, 0.05) is 24.1 Å². The van der Waals surface area contributed by atoms with Gasteiger partial charge in [0.25, 0.3) is 0 Å². The minimum Gasteiger partial charge on any atom is -0.378 e. The fourth-order valence-electron chi connectivity index (χ4n) is 2.39. The Hall–Kier alpha value is -0.930. The van der Waals surface area contributed by atoms with Gasteiger partial charge in [-0.05, 0) is 50.7 Å². The molecule has 2 rings (SSSR count). The lowest BCUT2D eigenvalue weighted by atomic mass is 10.1. The van der Waals surface area contributed by atoms with E-state index in [-0.39, 0.29) is 0 Å². The highest BCUT2D eigenvalue weighted by Gasteiger charge is 2.11. The molecule has 0 amide bonds. The summed E-state index contributed by atoms with van der Waals surface area (Å²) < 4.78 is 5.52. The van der Waals surface area contributed by atoms with E-state index in [4.69, 9.17) is 21.7 Å². The van der Waals surface area contributed by atoms with Crippen LogP contribution in [0.5, 0.6) is 0 Å². The molecular formula is C17H27ClN2O. The summed E-state index contributed by atoms with van der Waals surface area (Å²) in [6.45, 7) is 7.12. The lowest BCUT2D eigenvalue weighted by molar-refractivity contribution is 0.0109. The molecule has 0 aliphatic carbocycles. The maximum atomic E-state index is 7.61. The molecule has 1 fully saturated rings. The average molecular weight is 311 g/mol. The summed E-state index contributed by atoms with van der Waals surface area (Å²) >= 11 is 5.68. The Bertz CT molecular complexity index is 440. The topological polar surface area (TPSA) is 46.0 Å². The largest absolute Gasteiger partial charge is 0.378 e. The van der Waals surface area contributed by atoms with Crippen LogP contribution in [0, 0.1) is 12.3 Å². The highest BCUT2D eigenvalue weighted by Crippen LogP contribution is 2.16. The first-order valence-corrected chi connectivity index (χ1v) is 8.27. The number of ether oxygens (including phenoxy) is 1. The fourth-order valence-corrected chi connectivity index (χ4v) is 2.60. The number of hydrogen-bond donors (Lipinski definition) is 1. The van der Waals surface area contributed by atoms with Crippen molar-refractivity contribution in [2.75, 3.05) is 6.61 Å². The summed E-state index contributed by atoms with van der Waals surface area (Å²) in [5.74, 6) is 0. The van der Waals surface area contributed by atoms with Gasteiger partial charge in [-0.25, -0.2) is 4.98 Å². The fraction of sp³-hybridized carbons (Fsp3) is 0.647. The molecular weight excluding hydrogens is 284 g/mol. The molecule has 1 unspecified atom stereocenters. The van der Waals surface area contributed by atoms with Gasteiger partial charge in [-0.3, -0.25) is 0 Å². The quantitative estimate of drug-likeness (QED) is 0.615. The molecule has 0 bridgehead atoms. The first kappa shape index (κ1) is 18.1. The highest BCUT2D eigenvalue weighted by molar-refractivity contribution is 6.29.